The summed E-state index contributed by atoms with van der Waals surface area (Å²) in [7, 11) is 3.27. The highest BCUT2D eigenvalue weighted by Gasteiger charge is 2.28. The van der Waals surface area contributed by atoms with E-state index < -0.39 is 5.97 Å². The first kappa shape index (κ1) is 18.4. The van der Waals surface area contributed by atoms with Crippen LogP contribution in [0.4, 0.5) is 0 Å². The van der Waals surface area contributed by atoms with Gasteiger partial charge in [0.15, 0.2) is 6.61 Å². The van der Waals surface area contributed by atoms with E-state index in [1.54, 1.807) is 25.4 Å². The Morgan fingerprint density at radius 1 is 1.18 bits per heavy atom. The second-order valence-electron chi connectivity index (χ2n) is 6.88. The van der Waals surface area contributed by atoms with Gasteiger partial charge in [-0.15, -0.1) is 11.3 Å². The molecule has 0 fully saturated rings. The molecule has 6 heteroatoms. The summed E-state index contributed by atoms with van der Waals surface area (Å²) in [5.41, 5.74) is 4.18. The van der Waals surface area contributed by atoms with Gasteiger partial charge in [0.05, 0.1) is 16.8 Å². The largest absolute Gasteiger partial charge is 0.452 e. The molecule has 142 valence electrons. The molecule has 0 unspecified atom stereocenters. The molecule has 0 bridgehead atoms. The molecule has 1 aromatic carbocycles. The zero-order chi connectivity index (χ0) is 19.7. The van der Waals surface area contributed by atoms with Gasteiger partial charge >= 0.3 is 5.97 Å². The topological polar surface area (TPSA) is 59.5 Å². The maximum Gasteiger partial charge on any atom is 0.339 e. The van der Waals surface area contributed by atoms with Crippen molar-refractivity contribution in [1.29, 1.82) is 0 Å². The Kier molecular flexibility index (Phi) is 4.96. The van der Waals surface area contributed by atoms with Crippen molar-refractivity contribution in [2.75, 3.05) is 20.7 Å². The third-order valence-corrected chi connectivity index (χ3v) is 5.65. The normalized spacial score (nSPS) is 14.3. The minimum Gasteiger partial charge on any atom is -0.452 e. The number of nitrogens with zero attached hydrogens (tertiary/aromatic N) is 2. The van der Waals surface area contributed by atoms with E-state index in [9.17, 15) is 9.59 Å². The molecule has 5 nitrogen and oxygen atoms in total. The van der Waals surface area contributed by atoms with Crippen molar-refractivity contribution in [1.82, 2.24) is 9.88 Å². The van der Waals surface area contributed by atoms with Crippen LogP contribution >= 0.6 is 11.3 Å². The quantitative estimate of drug-likeness (QED) is 0.629. The van der Waals surface area contributed by atoms with Gasteiger partial charge in [0.2, 0.25) is 0 Å². The molecule has 2 heterocycles. The number of esters is 1. The molecule has 0 saturated carbocycles. The minimum absolute atomic E-state index is 0.248. The number of rotatable bonds is 4. The summed E-state index contributed by atoms with van der Waals surface area (Å²) in [6, 6.07) is 11.7. The van der Waals surface area contributed by atoms with E-state index >= 15 is 0 Å². The fourth-order valence-electron chi connectivity index (χ4n) is 3.39. The van der Waals surface area contributed by atoms with Gasteiger partial charge in [-0.2, -0.15) is 0 Å². The fourth-order valence-corrected chi connectivity index (χ4v) is 4.07. The highest BCUT2D eigenvalue weighted by atomic mass is 32.1. The molecular formula is C22H20N2O3S. The Morgan fingerprint density at radius 2 is 2.00 bits per heavy atom. The number of pyridine rings is 1. The third-order valence-electron chi connectivity index (χ3n) is 4.83. The number of para-hydroxylation sites is 1. The Balaban J connectivity index is 1.78. The van der Waals surface area contributed by atoms with Gasteiger partial charge < -0.3 is 9.64 Å². The van der Waals surface area contributed by atoms with Gasteiger partial charge in [-0.25, -0.2) is 9.78 Å². The van der Waals surface area contributed by atoms with Crippen molar-refractivity contribution in [3.63, 3.8) is 0 Å². The smallest absolute Gasteiger partial charge is 0.339 e. The Morgan fingerprint density at radius 3 is 2.75 bits per heavy atom. The molecule has 3 aromatic rings. The summed E-state index contributed by atoms with van der Waals surface area (Å²) in [6.45, 7) is -0.269. The number of aromatic nitrogens is 1. The first-order valence-electron chi connectivity index (χ1n) is 9.08. The van der Waals surface area contributed by atoms with Crippen LogP contribution in [0.5, 0.6) is 0 Å². The lowest BCUT2D eigenvalue weighted by Gasteiger charge is -2.14. The molecular weight excluding hydrogens is 372 g/mol. The van der Waals surface area contributed by atoms with Crippen LogP contribution in [0.25, 0.3) is 22.6 Å². The molecule has 1 amide bonds. The summed E-state index contributed by atoms with van der Waals surface area (Å²) in [6.07, 6.45) is 3.70. The number of ether oxygens (including phenoxy) is 1. The highest BCUT2D eigenvalue weighted by Crippen LogP contribution is 2.38. The molecule has 0 spiro atoms. The maximum atomic E-state index is 12.9. The van der Waals surface area contributed by atoms with Crippen molar-refractivity contribution in [3.05, 3.63) is 63.5 Å². The van der Waals surface area contributed by atoms with E-state index in [0.717, 1.165) is 40.6 Å². The lowest BCUT2D eigenvalue weighted by molar-refractivity contribution is -0.131. The second kappa shape index (κ2) is 7.56. The number of hydrogen-bond donors (Lipinski definition) is 0. The minimum atomic E-state index is -0.470. The number of likely N-dealkylation sites (N-methyl/N-ethyl adjacent to an activating group) is 1. The molecule has 28 heavy (non-hydrogen) atoms. The predicted octanol–water partition coefficient (Wildman–Crippen LogP) is 4.03. The number of hydrogen-bond acceptors (Lipinski definition) is 5. The summed E-state index contributed by atoms with van der Waals surface area (Å²) < 4.78 is 5.35. The van der Waals surface area contributed by atoms with E-state index in [2.05, 4.69) is 12.1 Å². The molecule has 0 aliphatic heterocycles. The molecule has 1 aliphatic rings. The zero-order valence-corrected chi connectivity index (χ0v) is 16.6. The average Bonchev–Trinajstić information content (AvgIpc) is 3.34. The molecule has 0 saturated heterocycles. The van der Waals surface area contributed by atoms with Gasteiger partial charge in [0.25, 0.3) is 5.91 Å². The first-order valence-corrected chi connectivity index (χ1v) is 9.96. The van der Waals surface area contributed by atoms with Crippen molar-refractivity contribution in [3.8, 4) is 0 Å². The van der Waals surface area contributed by atoms with Crippen LogP contribution < -0.4 is 0 Å². The van der Waals surface area contributed by atoms with Crippen LogP contribution in [0.1, 0.15) is 32.9 Å². The van der Waals surface area contributed by atoms with Gasteiger partial charge in [0.1, 0.15) is 0 Å². The lowest BCUT2D eigenvalue weighted by atomic mass is 10.0. The van der Waals surface area contributed by atoms with E-state index in [4.69, 9.17) is 9.72 Å². The van der Waals surface area contributed by atoms with Crippen LogP contribution in [-0.2, 0) is 16.0 Å². The predicted molar refractivity (Wildman–Crippen MR) is 111 cm³/mol. The van der Waals surface area contributed by atoms with Gasteiger partial charge in [-0.3, -0.25) is 4.79 Å². The summed E-state index contributed by atoms with van der Waals surface area (Å²) in [5, 5.41) is 2.81. The highest BCUT2D eigenvalue weighted by molar-refractivity contribution is 7.10. The Hall–Kier alpha value is -2.99. The number of benzene rings is 1. The van der Waals surface area contributed by atoms with Crippen LogP contribution in [0.3, 0.4) is 0 Å². The third kappa shape index (κ3) is 3.43. The molecule has 2 aromatic heterocycles. The first-order chi connectivity index (χ1) is 13.5. The summed E-state index contributed by atoms with van der Waals surface area (Å²) in [5.74, 6) is -0.718. The number of carbonyl (C=O) groups is 2. The second-order valence-corrected chi connectivity index (χ2v) is 7.86. The molecule has 1 aliphatic carbocycles. The van der Waals surface area contributed by atoms with Crippen molar-refractivity contribution >= 4 is 45.8 Å². The number of fused-ring (bicyclic) bond motifs is 2. The molecule has 4 rings (SSSR count). The average molecular weight is 392 g/mol. The van der Waals surface area contributed by atoms with Crippen LogP contribution in [-0.4, -0.2) is 42.5 Å². The van der Waals surface area contributed by atoms with E-state index in [0.29, 0.717) is 5.56 Å². The van der Waals surface area contributed by atoms with Gasteiger partial charge in [-0.1, -0.05) is 24.3 Å². The van der Waals surface area contributed by atoms with Gasteiger partial charge in [0, 0.05) is 24.4 Å². The maximum absolute atomic E-state index is 12.9. The van der Waals surface area contributed by atoms with Crippen molar-refractivity contribution in [2.24, 2.45) is 0 Å². The molecule has 0 radical (unpaired) electrons. The fraction of sp³-hybridized carbons (Fsp3) is 0.227. The van der Waals surface area contributed by atoms with Crippen LogP contribution in [0, 0.1) is 0 Å². The summed E-state index contributed by atoms with van der Waals surface area (Å²) in [4.78, 5) is 32.2. The number of allylic oxidation sites excluding steroid dienone is 1. The lowest BCUT2D eigenvalue weighted by Crippen LogP contribution is -2.27. The van der Waals surface area contributed by atoms with E-state index in [1.807, 2.05) is 35.7 Å². The van der Waals surface area contributed by atoms with Crippen molar-refractivity contribution < 1.29 is 14.3 Å². The zero-order valence-electron chi connectivity index (χ0n) is 15.8. The number of thiophene rings is 1. The Labute approximate surface area is 167 Å². The standard InChI is InChI=1S/C22H20N2O3S/c1-24(2)19(25)13-27-22(26)20-16-7-3-4-8-18(16)23-21-14(9-10-17(20)21)12-15-6-5-11-28-15/h3-8,11-12H,9-10,13H2,1-2H3. The van der Waals surface area contributed by atoms with Crippen molar-refractivity contribution in [2.45, 2.75) is 12.8 Å². The van der Waals surface area contributed by atoms with E-state index in [-0.39, 0.29) is 12.5 Å². The Bertz CT molecular complexity index is 1080. The molecule has 0 atom stereocenters. The van der Waals surface area contributed by atoms with Crippen LogP contribution in [0.15, 0.2) is 41.8 Å². The monoisotopic (exact) mass is 392 g/mol. The number of carbonyl (C=O) groups excluding carboxylic acids is 2. The molecule has 0 N–H and O–H groups in total. The SMILES string of the molecule is CN(C)C(=O)COC(=O)c1c2c(nc3ccccc13)C(=Cc1cccs1)CC2. The number of amides is 1. The summed E-state index contributed by atoms with van der Waals surface area (Å²) >= 11 is 1.67. The van der Waals surface area contributed by atoms with E-state index in [1.165, 1.54) is 9.78 Å². The van der Waals surface area contributed by atoms with Gasteiger partial charge in [-0.05, 0) is 47.6 Å². The van der Waals surface area contributed by atoms with Crippen LogP contribution in [0.2, 0.25) is 0 Å².